The van der Waals surface area contributed by atoms with Gasteiger partial charge in [0.25, 0.3) is 5.56 Å². The smallest absolute Gasteiger partial charge is 0.273 e. The van der Waals surface area contributed by atoms with Gasteiger partial charge in [0.2, 0.25) is 0 Å². The van der Waals surface area contributed by atoms with Gasteiger partial charge in [-0.05, 0) is 0 Å². The Labute approximate surface area is 113 Å². The Morgan fingerprint density at radius 2 is 2.16 bits per heavy atom. The number of nitrogens with one attached hydrogen (secondary N) is 1. The summed E-state index contributed by atoms with van der Waals surface area (Å²) in [6, 6.07) is 11.3. The van der Waals surface area contributed by atoms with E-state index in [1.54, 1.807) is 0 Å². The van der Waals surface area contributed by atoms with Gasteiger partial charge in [-0.1, -0.05) is 42.1 Å². The first-order valence-electron chi connectivity index (χ1n) is 5.75. The second-order valence-corrected chi connectivity index (χ2v) is 4.97. The van der Waals surface area contributed by atoms with Gasteiger partial charge in [-0.15, -0.1) is 0 Å². The Morgan fingerprint density at radius 1 is 1.37 bits per heavy atom. The minimum absolute atomic E-state index is 0.0965. The highest BCUT2D eigenvalue weighted by atomic mass is 32.2. The molecular weight excluding hydrogens is 260 g/mol. The molecule has 1 aliphatic heterocycles. The summed E-state index contributed by atoms with van der Waals surface area (Å²) < 4.78 is 1.50. The second kappa shape index (κ2) is 4.88. The van der Waals surface area contributed by atoms with E-state index in [4.69, 9.17) is 0 Å². The number of fused-ring (bicyclic) bond motifs is 1. The van der Waals surface area contributed by atoms with E-state index in [0.29, 0.717) is 23.4 Å². The molecule has 1 aromatic heterocycles. The molecule has 0 amide bonds. The predicted molar refractivity (Wildman–Crippen MR) is 72.5 cm³/mol. The molecule has 5 nitrogen and oxygen atoms in total. The minimum Gasteiger partial charge on any atom is -0.290 e. The van der Waals surface area contributed by atoms with E-state index in [0.717, 1.165) is 5.56 Å². The van der Waals surface area contributed by atoms with Crippen molar-refractivity contribution in [2.75, 3.05) is 5.88 Å². The summed E-state index contributed by atoms with van der Waals surface area (Å²) in [5.41, 5.74) is 1.07. The van der Waals surface area contributed by atoms with E-state index < -0.39 is 0 Å². The van der Waals surface area contributed by atoms with Gasteiger partial charge in [-0.2, -0.15) is 5.26 Å². The van der Waals surface area contributed by atoms with Crippen molar-refractivity contribution < 1.29 is 0 Å². The lowest BCUT2D eigenvalue weighted by atomic mass is 10.1. The molecule has 0 aliphatic carbocycles. The van der Waals surface area contributed by atoms with Crippen LogP contribution < -0.4 is 10.9 Å². The molecule has 0 atom stereocenters. The average Bonchev–Trinajstić information content (AvgIpc) is 2.48. The molecule has 2 heterocycles. The number of rotatable bonds is 1. The van der Waals surface area contributed by atoms with Crippen LogP contribution in [0.25, 0.3) is 11.3 Å². The first-order chi connectivity index (χ1) is 9.31. The second-order valence-electron chi connectivity index (χ2n) is 4.03. The third kappa shape index (κ3) is 2.03. The topological polar surface area (TPSA) is 70.7 Å². The first-order valence-corrected chi connectivity index (χ1v) is 6.73. The minimum atomic E-state index is -0.286. The molecule has 2 aromatic rings. The fourth-order valence-electron chi connectivity index (χ4n) is 1.96. The quantitative estimate of drug-likeness (QED) is 0.793. The summed E-state index contributed by atoms with van der Waals surface area (Å²) >= 11 is 1.46. The number of hydrogen-bond acceptors (Lipinski definition) is 5. The van der Waals surface area contributed by atoms with Crippen molar-refractivity contribution in [3.63, 3.8) is 0 Å². The van der Waals surface area contributed by atoms with Crippen LogP contribution in [-0.4, -0.2) is 15.4 Å². The number of nitriles is 1. The highest BCUT2D eigenvalue weighted by Gasteiger charge is 2.19. The molecule has 0 bridgehead atoms. The van der Waals surface area contributed by atoms with E-state index in [-0.39, 0.29) is 11.1 Å². The monoisotopic (exact) mass is 270 g/mol. The largest absolute Gasteiger partial charge is 0.290 e. The van der Waals surface area contributed by atoms with Crippen LogP contribution in [0.5, 0.6) is 0 Å². The van der Waals surface area contributed by atoms with Crippen LogP contribution in [0, 0.1) is 11.3 Å². The summed E-state index contributed by atoms with van der Waals surface area (Å²) in [6.45, 7) is 0.401. The zero-order valence-corrected chi connectivity index (χ0v) is 10.8. The molecule has 1 N–H and O–H groups in total. The Bertz CT molecular complexity index is 718. The van der Waals surface area contributed by atoms with Crippen molar-refractivity contribution in [1.29, 1.82) is 5.26 Å². The van der Waals surface area contributed by atoms with Gasteiger partial charge >= 0.3 is 0 Å². The van der Waals surface area contributed by atoms with Crippen LogP contribution in [-0.2, 0) is 6.67 Å². The molecule has 1 aliphatic rings. The maximum absolute atomic E-state index is 12.3. The molecule has 19 heavy (non-hydrogen) atoms. The van der Waals surface area contributed by atoms with Crippen LogP contribution in [0.4, 0.5) is 0 Å². The van der Waals surface area contributed by atoms with Crippen LogP contribution in [0.1, 0.15) is 5.56 Å². The molecule has 3 rings (SSSR count). The van der Waals surface area contributed by atoms with Crippen molar-refractivity contribution in [1.82, 2.24) is 14.9 Å². The summed E-state index contributed by atoms with van der Waals surface area (Å²) in [4.78, 5) is 16.8. The van der Waals surface area contributed by atoms with E-state index in [2.05, 4.69) is 10.3 Å². The SMILES string of the molecule is N#Cc1c(-c2ccccc2)nc2n(c1=O)CNCS2. The maximum atomic E-state index is 12.3. The molecule has 0 saturated heterocycles. The molecule has 0 saturated carbocycles. The van der Waals surface area contributed by atoms with Gasteiger partial charge in [0.05, 0.1) is 18.2 Å². The number of thioether (sulfide) groups is 1. The summed E-state index contributed by atoms with van der Waals surface area (Å²) in [5, 5.41) is 13.0. The predicted octanol–water partition coefficient (Wildman–Crippen LogP) is 1.39. The zero-order valence-electron chi connectivity index (χ0n) is 9.96. The standard InChI is InChI=1S/C13H10N4OS/c14-6-10-11(9-4-2-1-3-5-9)16-13-17(12(10)18)7-15-8-19-13/h1-5,15H,7-8H2. The fraction of sp³-hybridized carbons (Fsp3) is 0.154. The number of benzene rings is 1. The highest BCUT2D eigenvalue weighted by Crippen LogP contribution is 2.23. The lowest BCUT2D eigenvalue weighted by Gasteiger charge is -2.19. The Hall–Kier alpha value is -2.10. The first kappa shape index (κ1) is 12.0. The van der Waals surface area contributed by atoms with Crippen molar-refractivity contribution in [2.45, 2.75) is 11.8 Å². The summed E-state index contributed by atoms with van der Waals surface area (Å²) in [7, 11) is 0. The molecule has 0 radical (unpaired) electrons. The summed E-state index contributed by atoms with van der Waals surface area (Å²) in [5.74, 6) is 0.715. The van der Waals surface area contributed by atoms with Crippen molar-refractivity contribution in [3.8, 4) is 17.3 Å². The summed E-state index contributed by atoms with van der Waals surface area (Å²) in [6.07, 6.45) is 0. The van der Waals surface area contributed by atoms with Gasteiger partial charge in [0.15, 0.2) is 5.16 Å². The van der Waals surface area contributed by atoms with Gasteiger partial charge in [0, 0.05) is 5.56 Å². The molecule has 0 unspecified atom stereocenters. The molecular formula is C13H10N4OS. The van der Waals surface area contributed by atoms with Crippen LogP contribution >= 0.6 is 11.8 Å². The van der Waals surface area contributed by atoms with E-state index in [1.807, 2.05) is 36.4 Å². The lowest BCUT2D eigenvalue weighted by Crippen LogP contribution is -2.35. The van der Waals surface area contributed by atoms with Gasteiger partial charge in [0.1, 0.15) is 11.6 Å². The highest BCUT2D eigenvalue weighted by molar-refractivity contribution is 7.99. The molecule has 1 aromatic carbocycles. The maximum Gasteiger partial charge on any atom is 0.273 e. The van der Waals surface area contributed by atoms with Gasteiger partial charge in [-0.25, -0.2) is 4.98 Å². The van der Waals surface area contributed by atoms with Gasteiger partial charge < -0.3 is 0 Å². The zero-order chi connectivity index (χ0) is 13.2. The van der Waals surface area contributed by atoms with Crippen LogP contribution in [0.3, 0.4) is 0 Å². The van der Waals surface area contributed by atoms with Gasteiger partial charge in [-0.3, -0.25) is 14.7 Å². The van der Waals surface area contributed by atoms with E-state index in [1.165, 1.54) is 16.3 Å². The lowest BCUT2D eigenvalue weighted by molar-refractivity contribution is 0.511. The number of aromatic nitrogens is 2. The van der Waals surface area contributed by atoms with E-state index in [9.17, 15) is 10.1 Å². The third-order valence-electron chi connectivity index (χ3n) is 2.87. The molecule has 94 valence electrons. The Morgan fingerprint density at radius 3 is 2.89 bits per heavy atom. The van der Waals surface area contributed by atoms with Crippen molar-refractivity contribution >= 4 is 11.8 Å². The van der Waals surface area contributed by atoms with Crippen LogP contribution in [0.2, 0.25) is 0 Å². The Balaban J connectivity index is 2.29. The Kier molecular flexibility index (Phi) is 3.07. The van der Waals surface area contributed by atoms with E-state index >= 15 is 0 Å². The van der Waals surface area contributed by atoms with Crippen LogP contribution in [0.15, 0.2) is 40.3 Å². The number of hydrogen-bond donors (Lipinski definition) is 1. The average molecular weight is 270 g/mol. The van der Waals surface area contributed by atoms with Crippen molar-refractivity contribution in [3.05, 3.63) is 46.2 Å². The fourth-order valence-corrected chi connectivity index (χ4v) is 2.74. The van der Waals surface area contributed by atoms with Crippen molar-refractivity contribution in [2.24, 2.45) is 0 Å². The molecule has 0 fully saturated rings. The molecule has 0 spiro atoms. The third-order valence-corrected chi connectivity index (χ3v) is 3.78. The molecule has 6 heteroatoms. The number of nitrogens with zero attached hydrogens (tertiary/aromatic N) is 3. The normalized spacial score (nSPS) is 13.6.